The maximum absolute atomic E-state index is 10.9. The molecule has 1 heterocycles. The van der Waals surface area contributed by atoms with Gasteiger partial charge in [0, 0.05) is 14.1 Å². The molecule has 0 spiro atoms. The van der Waals surface area contributed by atoms with E-state index in [2.05, 4.69) is 15.6 Å². The summed E-state index contributed by atoms with van der Waals surface area (Å²) in [6, 6.07) is 1.54. The highest BCUT2D eigenvalue weighted by Crippen LogP contribution is 2.09. The van der Waals surface area contributed by atoms with Gasteiger partial charge in [-0.05, 0) is 0 Å². The fourth-order valence-corrected chi connectivity index (χ4v) is 0.824. The van der Waals surface area contributed by atoms with Gasteiger partial charge in [-0.25, -0.2) is 9.78 Å². The number of imidazole rings is 1. The molecule has 0 unspecified atom stereocenters. The molecule has 0 aliphatic rings. The first kappa shape index (κ1) is 9.06. The normalized spacial score (nSPS) is 9.00. The smallest absolute Gasteiger partial charge is 0.320 e. The van der Waals surface area contributed by atoms with Gasteiger partial charge in [-0.3, -0.25) is 5.32 Å². The summed E-state index contributed by atoms with van der Waals surface area (Å²) in [5, 5.41) is 13.5. The number of hydrogen-bond donors (Lipinski definition) is 2. The van der Waals surface area contributed by atoms with Crippen LogP contribution >= 0.6 is 0 Å². The Kier molecular flexibility index (Phi) is 2.50. The van der Waals surface area contributed by atoms with E-state index in [4.69, 9.17) is 5.26 Å². The minimum atomic E-state index is -0.393. The molecule has 6 nitrogen and oxygen atoms in total. The number of hydrogen-bond acceptors (Lipinski definition) is 3. The number of rotatable bonds is 1. The summed E-state index contributed by atoms with van der Waals surface area (Å²) in [5.41, 5.74) is 0.323. The zero-order valence-corrected chi connectivity index (χ0v) is 7.33. The number of nitrogens with one attached hydrogen (secondary N) is 2. The van der Waals surface area contributed by atoms with Crippen LogP contribution in [0.3, 0.4) is 0 Å². The van der Waals surface area contributed by atoms with Crippen molar-refractivity contribution in [3.8, 4) is 6.07 Å². The topological polar surface area (TPSA) is 82.7 Å². The number of aryl methyl sites for hydroxylation is 1. The van der Waals surface area contributed by atoms with Gasteiger partial charge in [0.2, 0.25) is 0 Å². The molecular weight excluding hydrogens is 170 g/mol. The van der Waals surface area contributed by atoms with E-state index < -0.39 is 6.03 Å². The monoisotopic (exact) mass is 179 g/mol. The zero-order chi connectivity index (χ0) is 9.84. The molecule has 2 amide bonds. The van der Waals surface area contributed by atoms with Crippen LogP contribution in [0, 0.1) is 11.3 Å². The van der Waals surface area contributed by atoms with Crippen LogP contribution in [0.2, 0.25) is 0 Å². The number of urea groups is 1. The molecule has 1 aromatic rings. The van der Waals surface area contributed by atoms with Crippen molar-refractivity contribution >= 4 is 11.8 Å². The summed E-state index contributed by atoms with van der Waals surface area (Å²) in [6.07, 6.45) is 1.46. The van der Waals surface area contributed by atoms with E-state index in [0.29, 0.717) is 5.69 Å². The SMILES string of the molecule is CNC(=O)Nc1ncn(C)c1C#N. The highest BCUT2D eigenvalue weighted by Gasteiger charge is 2.09. The number of amides is 2. The fourth-order valence-electron chi connectivity index (χ4n) is 0.824. The quantitative estimate of drug-likeness (QED) is 0.638. The Morgan fingerprint density at radius 3 is 3.00 bits per heavy atom. The van der Waals surface area contributed by atoms with Gasteiger partial charge in [0.05, 0.1) is 6.33 Å². The standard InChI is InChI=1S/C7H9N5O/c1-9-7(13)11-6-5(3-8)12(2)4-10-6/h4H,1-2H3,(H2,9,11,13). The molecule has 0 radical (unpaired) electrons. The minimum absolute atomic E-state index is 0.268. The van der Waals surface area contributed by atoms with Crippen molar-refractivity contribution in [3.05, 3.63) is 12.0 Å². The van der Waals surface area contributed by atoms with E-state index in [9.17, 15) is 4.79 Å². The number of carbonyl (C=O) groups excluding carboxylic acids is 1. The molecule has 13 heavy (non-hydrogen) atoms. The lowest BCUT2D eigenvalue weighted by molar-refractivity contribution is 0.254. The van der Waals surface area contributed by atoms with E-state index in [1.165, 1.54) is 17.9 Å². The lowest BCUT2D eigenvalue weighted by atomic mass is 10.4. The van der Waals surface area contributed by atoms with Gasteiger partial charge in [-0.15, -0.1) is 0 Å². The number of nitriles is 1. The second kappa shape index (κ2) is 3.58. The van der Waals surface area contributed by atoms with E-state index in [-0.39, 0.29) is 5.82 Å². The lowest BCUT2D eigenvalue weighted by Gasteiger charge is -2.00. The van der Waals surface area contributed by atoms with Crippen LogP contribution < -0.4 is 10.6 Å². The lowest BCUT2D eigenvalue weighted by Crippen LogP contribution is -2.25. The van der Waals surface area contributed by atoms with Crippen LogP contribution in [0.1, 0.15) is 5.69 Å². The third-order valence-corrected chi connectivity index (χ3v) is 1.50. The molecule has 0 saturated heterocycles. The van der Waals surface area contributed by atoms with Crippen LogP contribution in [0.5, 0.6) is 0 Å². The Morgan fingerprint density at radius 1 is 1.77 bits per heavy atom. The average molecular weight is 179 g/mol. The second-order valence-corrected chi connectivity index (χ2v) is 2.37. The van der Waals surface area contributed by atoms with Crippen LogP contribution in [0.15, 0.2) is 6.33 Å². The molecule has 1 rings (SSSR count). The Bertz CT molecular complexity index is 361. The van der Waals surface area contributed by atoms with Crippen molar-refractivity contribution in [2.75, 3.05) is 12.4 Å². The first-order valence-corrected chi connectivity index (χ1v) is 3.59. The van der Waals surface area contributed by atoms with Crippen molar-refractivity contribution in [1.82, 2.24) is 14.9 Å². The predicted octanol–water partition coefficient (Wildman–Crippen LogP) is 0.0431. The van der Waals surface area contributed by atoms with Crippen LogP contribution in [-0.2, 0) is 7.05 Å². The molecule has 1 aromatic heterocycles. The van der Waals surface area contributed by atoms with Gasteiger partial charge >= 0.3 is 6.03 Å². The maximum Gasteiger partial charge on any atom is 0.320 e. The van der Waals surface area contributed by atoms with Crippen molar-refractivity contribution in [3.63, 3.8) is 0 Å². The number of nitrogens with zero attached hydrogens (tertiary/aromatic N) is 3. The van der Waals surface area contributed by atoms with Gasteiger partial charge in [-0.1, -0.05) is 0 Å². The maximum atomic E-state index is 10.9. The Hall–Kier alpha value is -2.03. The molecule has 2 N–H and O–H groups in total. The molecule has 0 fully saturated rings. The Labute approximate surface area is 75.2 Å². The van der Waals surface area contributed by atoms with Gasteiger partial charge < -0.3 is 9.88 Å². The van der Waals surface area contributed by atoms with Crippen LogP contribution in [-0.4, -0.2) is 22.6 Å². The summed E-state index contributed by atoms with van der Waals surface area (Å²) in [7, 11) is 3.17. The summed E-state index contributed by atoms with van der Waals surface area (Å²) in [4.78, 5) is 14.7. The van der Waals surface area contributed by atoms with E-state index in [1.807, 2.05) is 6.07 Å². The zero-order valence-electron chi connectivity index (χ0n) is 7.33. The van der Waals surface area contributed by atoms with Crippen molar-refractivity contribution in [2.24, 2.45) is 7.05 Å². The molecule has 68 valence electrons. The minimum Gasteiger partial charge on any atom is -0.341 e. The molecule has 0 atom stereocenters. The fraction of sp³-hybridized carbons (Fsp3) is 0.286. The van der Waals surface area contributed by atoms with E-state index >= 15 is 0 Å². The molecular formula is C7H9N5O. The summed E-state index contributed by atoms with van der Waals surface area (Å²) >= 11 is 0. The number of carbonyl (C=O) groups is 1. The van der Waals surface area contributed by atoms with Gasteiger partial charge in [0.25, 0.3) is 0 Å². The first-order chi connectivity index (χ1) is 6.19. The molecule has 6 heteroatoms. The van der Waals surface area contributed by atoms with E-state index in [1.54, 1.807) is 7.05 Å². The van der Waals surface area contributed by atoms with Gasteiger partial charge in [-0.2, -0.15) is 5.26 Å². The van der Waals surface area contributed by atoms with Gasteiger partial charge in [0.15, 0.2) is 11.5 Å². The predicted molar refractivity (Wildman–Crippen MR) is 46.0 cm³/mol. The number of aromatic nitrogens is 2. The highest BCUT2D eigenvalue weighted by atomic mass is 16.2. The Balaban J connectivity index is 2.90. The summed E-state index contributed by atoms with van der Waals surface area (Å²) in [6.45, 7) is 0. The van der Waals surface area contributed by atoms with Crippen LogP contribution in [0.4, 0.5) is 10.6 Å². The van der Waals surface area contributed by atoms with Crippen molar-refractivity contribution < 1.29 is 4.79 Å². The third kappa shape index (κ3) is 1.76. The first-order valence-electron chi connectivity index (χ1n) is 3.59. The second-order valence-electron chi connectivity index (χ2n) is 2.37. The summed E-state index contributed by atoms with van der Waals surface area (Å²) < 4.78 is 1.53. The van der Waals surface area contributed by atoms with Crippen molar-refractivity contribution in [2.45, 2.75) is 0 Å². The third-order valence-electron chi connectivity index (χ3n) is 1.50. The highest BCUT2D eigenvalue weighted by molar-refractivity contribution is 5.89. The van der Waals surface area contributed by atoms with Crippen molar-refractivity contribution in [1.29, 1.82) is 5.26 Å². The average Bonchev–Trinajstić information content (AvgIpc) is 2.46. The Morgan fingerprint density at radius 2 is 2.46 bits per heavy atom. The molecule has 0 bridgehead atoms. The van der Waals surface area contributed by atoms with E-state index in [0.717, 1.165) is 0 Å². The van der Waals surface area contributed by atoms with Gasteiger partial charge in [0.1, 0.15) is 6.07 Å². The molecule has 0 saturated carbocycles. The molecule has 0 aromatic carbocycles. The summed E-state index contributed by atoms with van der Waals surface area (Å²) in [5.74, 6) is 0.268. The largest absolute Gasteiger partial charge is 0.341 e. The van der Waals surface area contributed by atoms with Crippen LogP contribution in [0.25, 0.3) is 0 Å². The number of anilines is 1. The molecule has 0 aliphatic heterocycles. The molecule has 0 aliphatic carbocycles.